The van der Waals surface area contributed by atoms with Crippen molar-refractivity contribution in [1.29, 1.82) is 5.26 Å². The van der Waals surface area contributed by atoms with Crippen molar-refractivity contribution in [2.75, 3.05) is 0 Å². The van der Waals surface area contributed by atoms with E-state index in [1.807, 2.05) is 59.3 Å². The SMILES string of the molecule is C=C(c1ccc(C)c(C)c1)c1cn(Cc2cccc(C#N)n2)c2ccccc2c1=O. The summed E-state index contributed by atoms with van der Waals surface area (Å²) < 4.78 is 2.00. The van der Waals surface area contributed by atoms with Gasteiger partial charge in [-0.25, -0.2) is 4.98 Å². The second-order valence-electron chi connectivity index (χ2n) is 7.42. The molecule has 0 fully saturated rings. The summed E-state index contributed by atoms with van der Waals surface area (Å²) in [6.45, 7) is 8.80. The highest BCUT2D eigenvalue weighted by atomic mass is 16.1. The van der Waals surface area contributed by atoms with Crippen LogP contribution in [0.1, 0.15) is 33.6 Å². The topological polar surface area (TPSA) is 58.7 Å². The molecule has 0 saturated carbocycles. The van der Waals surface area contributed by atoms with Crippen LogP contribution in [0, 0.1) is 25.2 Å². The monoisotopic (exact) mass is 391 g/mol. The van der Waals surface area contributed by atoms with Gasteiger partial charge >= 0.3 is 0 Å². The van der Waals surface area contributed by atoms with Crippen LogP contribution in [0.2, 0.25) is 0 Å². The van der Waals surface area contributed by atoms with Crippen LogP contribution in [0.25, 0.3) is 16.5 Å². The van der Waals surface area contributed by atoms with Crippen molar-refractivity contribution in [1.82, 2.24) is 9.55 Å². The summed E-state index contributed by atoms with van der Waals surface area (Å²) in [4.78, 5) is 17.7. The number of aromatic nitrogens is 2. The second kappa shape index (κ2) is 7.81. The Morgan fingerprint density at radius 2 is 1.87 bits per heavy atom. The Balaban J connectivity index is 1.87. The minimum Gasteiger partial charge on any atom is -0.341 e. The van der Waals surface area contributed by atoms with Gasteiger partial charge in [-0.2, -0.15) is 5.26 Å². The van der Waals surface area contributed by atoms with Gasteiger partial charge in [0.2, 0.25) is 0 Å². The quantitative estimate of drug-likeness (QED) is 0.492. The summed E-state index contributed by atoms with van der Waals surface area (Å²) in [7, 11) is 0. The van der Waals surface area contributed by atoms with E-state index in [9.17, 15) is 4.79 Å². The summed E-state index contributed by atoms with van der Waals surface area (Å²) >= 11 is 0. The van der Waals surface area contributed by atoms with Gasteiger partial charge in [0, 0.05) is 17.1 Å². The number of hydrogen-bond acceptors (Lipinski definition) is 3. The first-order valence-corrected chi connectivity index (χ1v) is 9.73. The zero-order valence-electron chi connectivity index (χ0n) is 17.0. The number of rotatable bonds is 4. The number of nitriles is 1. The molecule has 0 amide bonds. The van der Waals surface area contributed by atoms with Crippen molar-refractivity contribution in [2.45, 2.75) is 20.4 Å². The molecule has 0 saturated heterocycles. The van der Waals surface area contributed by atoms with Crippen LogP contribution < -0.4 is 5.43 Å². The lowest BCUT2D eigenvalue weighted by Gasteiger charge is -2.15. The fourth-order valence-corrected chi connectivity index (χ4v) is 3.58. The van der Waals surface area contributed by atoms with Crippen LogP contribution in [-0.2, 0) is 6.54 Å². The highest BCUT2D eigenvalue weighted by Crippen LogP contribution is 2.24. The summed E-state index contributed by atoms with van der Waals surface area (Å²) in [5, 5.41) is 9.78. The second-order valence-corrected chi connectivity index (χ2v) is 7.42. The van der Waals surface area contributed by atoms with Crippen LogP contribution in [0.5, 0.6) is 0 Å². The first-order chi connectivity index (χ1) is 14.5. The van der Waals surface area contributed by atoms with Crippen molar-refractivity contribution < 1.29 is 0 Å². The van der Waals surface area contributed by atoms with E-state index in [1.54, 1.807) is 6.07 Å². The van der Waals surface area contributed by atoms with E-state index in [4.69, 9.17) is 5.26 Å². The van der Waals surface area contributed by atoms with Crippen molar-refractivity contribution in [3.63, 3.8) is 0 Å². The van der Waals surface area contributed by atoms with Crippen LogP contribution in [-0.4, -0.2) is 9.55 Å². The lowest BCUT2D eigenvalue weighted by molar-refractivity contribution is 0.794. The number of nitrogens with zero attached hydrogens (tertiary/aromatic N) is 3. The molecule has 2 aromatic carbocycles. The Morgan fingerprint density at radius 3 is 2.63 bits per heavy atom. The molecule has 4 aromatic rings. The zero-order valence-corrected chi connectivity index (χ0v) is 17.0. The minimum atomic E-state index is -0.0381. The van der Waals surface area contributed by atoms with E-state index in [-0.39, 0.29) is 5.43 Å². The molecule has 0 spiro atoms. The van der Waals surface area contributed by atoms with Crippen LogP contribution in [0.15, 0.2) is 78.2 Å². The van der Waals surface area contributed by atoms with Gasteiger partial charge in [-0.3, -0.25) is 4.79 Å². The molecular weight excluding hydrogens is 370 g/mol. The molecule has 4 rings (SSSR count). The lowest BCUT2D eigenvalue weighted by atomic mass is 9.96. The molecule has 0 radical (unpaired) electrons. The maximum atomic E-state index is 13.3. The number of benzene rings is 2. The van der Waals surface area contributed by atoms with Gasteiger partial charge in [-0.15, -0.1) is 0 Å². The predicted octanol–water partition coefficient (Wildman–Crippen LogP) is 4.99. The molecular formula is C26H21N3O. The van der Waals surface area contributed by atoms with E-state index in [1.165, 1.54) is 5.56 Å². The van der Waals surface area contributed by atoms with Crippen LogP contribution in [0.3, 0.4) is 0 Å². The van der Waals surface area contributed by atoms with E-state index < -0.39 is 0 Å². The third-order valence-electron chi connectivity index (χ3n) is 5.42. The zero-order chi connectivity index (χ0) is 21.3. The number of hydrogen-bond donors (Lipinski definition) is 0. The molecule has 0 aliphatic rings. The molecule has 4 nitrogen and oxygen atoms in total. The van der Waals surface area contributed by atoms with Gasteiger partial charge in [-0.05, 0) is 60.4 Å². The Bertz CT molecular complexity index is 1390. The van der Waals surface area contributed by atoms with E-state index in [0.717, 1.165) is 22.3 Å². The minimum absolute atomic E-state index is 0.0381. The molecule has 0 bridgehead atoms. The van der Waals surface area contributed by atoms with E-state index >= 15 is 0 Å². The average Bonchev–Trinajstić information content (AvgIpc) is 2.77. The summed E-state index contributed by atoms with van der Waals surface area (Å²) in [5.41, 5.74) is 6.46. The maximum Gasteiger partial charge on any atom is 0.197 e. The van der Waals surface area contributed by atoms with Crippen molar-refractivity contribution in [3.8, 4) is 6.07 Å². The van der Waals surface area contributed by atoms with Crippen LogP contribution in [0.4, 0.5) is 0 Å². The van der Waals surface area contributed by atoms with E-state index in [2.05, 4.69) is 37.5 Å². The molecule has 4 heteroatoms. The Labute approximate surface area is 175 Å². The van der Waals surface area contributed by atoms with E-state index in [0.29, 0.717) is 28.8 Å². The molecule has 0 N–H and O–H groups in total. The van der Waals surface area contributed by atoms with Gasteiger partial charge in [0.1, 0.15) is 11.8 Å². The third kappa shape index (κ3) is 3.54. The Kier molecular flexibility index (Phi) is 5.04. The summed E-state index contributed by atoms with van der Waals surface area (Å²) in [6, 6.07) is 21.1. The molecule has 2 heterocycles. The molecule has 0 aliphatic carbocycles. The fraction of sp³-hybridized carbons (Fsp3) is 0.115. The highest BCUT2D eigenvalue weighted by molar-refractivity contribution is 5.86. The Hall–Kier alpha value is -3.97. The smallest absolute Gasteiger partial charge is 0.197 e. The average molecular weight is 391 g/mol. The molecule has 0 unspecified atom stereocenters. The Morgan fingerprint density at radius 1 is 1.07 bits per heavy atom. The molecule has 0 aliphatic heterocycles. The van der Waals surface area contributed by atoms with Crippen molar-refractivity contribution in [2.24, 2.45) is 0 Å². The molecule has 146 valence electrons. The third-order valence-corrected chi connectivity index (χ3v) is 5.42. The van der Waals surface area contributed by atoms with Crippen molar-refractivity contribution in [3.05, 3.63) is 117 Å². The summed E-state index contributed by atoms with van der Waals surface area (Å²) in [6.07, 6.45) is 1.85. The number of aryl methyl sites for hydroxylation is 2. The van der Waals surface area contributed by atoms with Gasteiger partial charge < -0.3 is 4.57 Å². The van der Waals surface area contributed by atoms with Gasteiger partial charge in [0.25, 0.3) is 0 Å². The highest BCUT2D eigenvalue weighted by Gasteiger charge is 2.14. The molecule has 2 aromatic heterocycles. The first kappa shape index (κ1) is 19.4. The van der Waals surface area contributed by atoms with Crippen LogP contribution >= 0.6 is 0 Å². The maximum absolute atomic E-state index is 13.3. The number of fused-ring (bicyclic) bond motifs is 1. The van der Waals surface area contributed by atoms with Gasteiger partial charge in [0.15, 0.2) is 5.43 Å². The van der Waals surface area contributed by atoms with Gasteiger partial charge in [-0.1, -0.05) is 43.0 Å². The molecule has 30 heavy (non-hydrogen) atoms. The standard InChI is InChI=1S/C26H21N3O/c1-17-11-12-20(13-18(17)2)19(3)24-16-29(15-22-8-6-7-21(14-27)28-22)25-10-5-4-9-23(25)26(24)30/h4-13,16H,3,15H2,1-2H3. The lowest BCUT2D eigenvalue weighted by Crippen LogP contribution is -2.15. The fourth-order valence-electron chi connectivity index (χ4n) is 3.58. The number of pyridine rings is 2. The largest absolute Gasteiger partial charge is 0.341 e. The predicted molar refractivity (Wildman–Crippen MR) is 120 cm³/mol. The van der Waals surface area contributed by atoms with Crippen molar-refractivity contribution >= 4 is 16.5 Å². The normalized spacial score (nSPS) is 10.7. The summed E-state index contributed by atoms with van der Waals surface area (Å²) in [5.74, 6) is 0. The number of para-hydroxylation sites is 1. The first-order valence-electron chi connectivity index (χ1n) is 9.73. The van der Waals surface area contributed by atoms with Gasteiger partial charge in [0.05, 0.1) is 17.8 Å². The molecule has 0 atom stereocenters.